The van der Waals surface area contributed by atoms with Crippen LogP contribution in [0.4, 0.5) is 5.69 Å². The van der Waals surface area contributed by atoms with E-state index in [0.717, 1.165) is 22.4 Å². The molecule has 132 valence electrons. The molecule has 1 aliphatic heterocycles. The van der Waals surface area contributed by atoms with Gasteiger partial charge in [-0.3, -0.25) is 9.59 Å². The predicted octanol–water partition coefficient (Wildman–Crippen LogP) is 2.02. The number of anilines is 1. The van der Waals surface area contributed by atoms with Gasteiger partial charge in [0.15, 0.2) is 5.82 Å². The summed E-state index contributed by atoms with van der Waals surface area (Å²) in [6.07, 6.45) is 0. The molecular weight excluding hydrogens is 360 g/mol. The summed E-state index contributed by atoms with van der Waals surface area (Å²) in [5.41, 5.74) is 3.62. The van der Waals surface area contributed by atoms with E-state index in [1.54, 1.807) is 11.9 Å². The first-order valence-electron chi connectivity index (χ1n) is 8.43. The Hall–Kier alpha value is -3.32. The minimum atomic E-state index is -0.309. The monoisotopic (exact) mass is 374 g/mol. The lowest BCUT2D eigenvalue weighted by atomic mass is 10.1. The van der Waals surface area contributed by atoms with Gasteiger partial charge < -0.3 is 4.90 Å². The summed E-state index contributed by atoms with van der Waals surface area (Å²) in [4.78, 5) is 32.3. The molecule has 0 spiro atoms. The molecule has 27 heavy (non-hydrogen) atoms. The van der Waals surface area contributed by atoms with E-state index in [0.29, 0.717) is 20.9 Å². The van der Waals surface area contributed by atoms with Crippen molar-refractivity contribution >= 4 is 33.5 Å². The molecule has 3 heterocycles. The Balaban J connectivity index is 1.78. The lowest BCUT2D eigenvalue weighted by Crippen LogP contribution is -2.30. The number of carbonyl (C=O) groups is 1. The van der Waals surface area contributed by atoms with Gasteiger partial charge in [-0.25, -0.2) is 0 Å². The molecule has 1 aliphatic rings. The maximum absolute atomic E-state index is 13.0. The molecule has 5 rings (SSSR count). The Bertz CT molecular complexity index is 1350. The molecule has 2 aromatic carbocycles. The van der Waals surface area contributed by atoms with Crippen LogP contribution < -0.4 is 15.0 Å². The third-order valence-electron chi connectivity index (χ3n) is 4.82. The van der Waals surface area contributed by atoms with Gasteiger partial charge in [-0.05, 0) is 18.6 Å². The highest BCUT2D eigenvalue weighted by Crippen LogP contribution is 2.33. The van der Waals surface area contributed by atoms with Gasteiger partial charge in [-0.1, -0.05) is 53.8 Å². The normalized spacial score (nSPS) is 15.6. The largest absolute Gasteiger partial charge is 0.311 e. The molecule has 6 nitrogen and oxygen atoms in total. The molecule has 0 saturated heterocycles. The third-order valence-corrected chi connectivity index (χ3v) is 5.85. The van der Waals surface area contributed by atoms with E-state index < -0.39 is 0 Å². The average Bonchev–Trinajstić information content (AvgIpc) is 3.29. The first-order chi connectivity index (χ1) is 13.1. The molecule has 0 radical (unpaired) electrons. The standard InChI is InChI=1S/C20H14N4O2S/c1-11-7-3-4-8-12(11)17-21-20-24(22-17)19(26)16(27-20)15-13-9-5-6-10-14(13)23(2)18(15)25/h3-10H,1-2H3. The van der Waals surface area contributed by atoms with E-state index in [-0.39, 0.29) is 11.5 Å². The summed E-state index contributed by atoms with van der Waals surface area (Å²) in [6, 6.07) is 15.3. The summed E-state index contributed by atoms with van der Waals surface area (Å²) >= 11 is 1.20. The smallest absolute Gasteiger partial charge is 0.291 e. The van der Waals surface area contributed by atoms with Crippen molar-refractivity contribution in [1.29, 1.82) is 0 Å². The SMILES string of the molecule is Cc1ccccc1-c1nc2sc(=C3C(=O)N(C)c4ccccc43)c(=O)n2n1. The predicted molar refractivity (Wildman–Crippen MR) is 105 cm³/mol. The van der Waals surface area contributed by atoms with E-state index in [4.69, 9.17) is 0 Å². The molecule has 0 N–H and O–H groups in total. The number of amides is 1. The summed E-state index contributed by atoms with van der Waals surface area (Å²) in [5, 5.41) is 4.40. The zero-order valence-corrected chi connectivity index (χ0v) is 15.4. The first kappa shape index (κ1) is 15.9. The molecule has 0 fully saturated rings. The van der Waals surface area contributed by atoms with Crippen molar-refractivity contribution < 1.29 is 4.79 Å². The van der Waals surface area contributed by atoms with Crippen LogP contribution in [0.3, 0.4) is 0 Å². The Labute approximate surface area is 158 Å². The maximum atomic E-state index is 13.0. The number of benzene rings is 2. The summed E-state index contributed by atoms with van der Waals surface area (Å²) in [7, 11) is 1.71. The van der Waals surface area contributed by atoms with E-state index in [2.05, 4.69) is 10.1 Å². The highest BCUT2D eigenvalue weighted by atomic mass is 32.1. The zero-order chi connectivity index (χ0) is 18.7. The van der Waals surface area contributed by atoms with Crippen LogP contribution in [0.15, 0.2) is 53.3 Å². The van der Waals surface area contributed by atoms with Crippen molar-refractivity contribution in [2.24, 2.45) is 0 Å². The maximum Gasteiger partial charge on any atom is 0.291 e. The lowest BCUT2D eigenvalue weighted by Gasteiger charge is -2.07. The van der Waals surface area contributed by atoms with Crippen molar-refractivity contribution in [3.05, 3.63) is 74.5 Å². The quantitative estimate of drug-likeness (QED) is 0.511. The van der Waals surface area contributed by atoms with E-state index >= 15 is 0 Å². The summed E-state index contributed by atoms with van der Waals surface area (Å²) < 4.78 is 1.67. The number of likely N-dealkylation sites (N-methyl/N-ethyl adjacent to an activating group) is 1. The molecule has 0 unspecified atom stereocenters. The van der Waals surface area contributed by atoms with Gasteiger partial charge >= 0.3 is 0 Å². The van der Waals surface area contributed by atoms with Gasteiger partial charge in [0.25, 0.3) is 11.5 Å². The minimum Gasteiger partial charge on any atom is -0.311 e. The number of fused-ring (bicyclic) bond motifs is 2. The number of carbonyl (C=O) groups excluding carboxylic acids is 1. The fourth-order valence-corrected chi connectivity index (χ4v) is 4.41. The van der Waals surface area contributed by atoms with Crippen molar-refractivity contribution in [3.63, 3.8) is 0 Å². The second kappa shape index (κ2) is 5.59. The van der Waals surface area contributed by atoms with Crippen LogP contribution in [0, 0.1) is 6.92 Å². The second-order valence-corrected chi connectivity index (χ2v) is 7.41. The third kappa shape index (κ3) is 2.18. The number of aromatic nitrogens is 3. The molecule has 7 heteroatoms. The van der Waals surface area contributed by atoms with Gasteiger partial charge in [0.2, 0.25) is 4.96 Å². The molecule has 0 bridgehead atoms. The number of thiazole rings is 1. The second-order valence-electron chi connectivity index (χ2n) is 6.44. The van der Waals surface area contributed by atoms with Gasteiger partial charge in [0.05, 0.1) is 11.3 Å². The number of nitrogens with zero attached hydrogens (tertiary/aromatic N) is 4. The molecule has 4 aromatic rings. The number of hydrogen-bond acceptors (Lipinski definition) is 5. The Kier molecular flexibility index (Phi) is 3.29. The van der Waals surface area contributed by atoms with E-state index in [1.807, 2.05) is 55.5 Å². The van der Waals surface area contributed by atoms with Crippen LogP contribution in [-0.2, 0) is 4.79 Å². The summed E-state index contributed by atoms with van der Waals surface area (Å²) in [6.45, 7) is 1.98. The Morgan fingerprint density at radius 1 is 0.963 bits per heavy atom. The van der Waals surface area contributed by atoms with Crippen LogP contribution in [0.25, 0.3) is 21.9 Å². The zero-order valence-electron chi connectivity index (χ0n) is 14.6. The van der Waals surface area contributed by atoms with Crippen molar-refractivity contribution in [2.75, 3.05) is 11.9 Å². The molecule has 0 aliphatic carbocycles. The van der Waals surface area contributed by atoms with Gasteiger partial charge in [0, 0.05) is 18.2 Å². The average molecular weight is 374 g/mol. The van der Waals surface area contributed by atoms with Crippen molar-refractivity contribution in [3.8, 4) is 11.4 Å². The van der Waals surface area contributed by atoms with Crippen LogP contribution in [0.5, 0.6) is 0 Å². The number of rotatable bonds is 1. The van der Waals surface area contributed by atoms with Crippen LogP contribution in [0.1, 0.15) is 11.1 Å². The number of para-hydroxylation sites is 1. The lowest BCUT2D eigenvalue weighted by molar-refractivity contribution is -0.112. The molecule has 0 atom stereocenters. The first-order valence-corrected chi connectivity index (χ1v) is 9.25. The Morgan fingerprint density at radius 2 is 1.67 bits per heavy atom. The minimum absolute atomic E-state index is 0.183. The van der Waals surface area contributed by atoms with Crippen LogP contribution in [0.2, 0.25) is 0 Å². The van der Waals surface area contributed by atoms with E-state index in [1.165, 1.54) is 15.9 Å². The summed E-state index contributed by atoms with van der Waals surface area (Å²) in [5.74, 6) is 0.334. The highest BCUT2D eigenvalue weighted by molar-refractivity contribution is 7.15. The fraction of sp³-hybridized carbons (Fsp3) is 0.100. The van der Waals surface area contributed by atoms with Crippen molar-refractivity contribution in [1.82, 2.24) is 14.6 Å². The number of aryl methyl sites for hydroxylation is 1. The van der Waals surface area contributed by atoms with Crippen molar-refractivity contribution in [2.45, 2.75) is 6.92 Å². The van der Waals surface area contributed by atoms with Crippen LogP contribution >= 0.6 is 11.3 Å². The fourth-order valence-electron chi connectivity index (χ4n) is 3.41. The van der Waals surface area contributed by atoms with Crippen LogP contribution in [-0.4, -0.2) is 27.6 Å². The topological polar surface area (TPSA) is 67.6 Å². The van der Waals surface area contributed by atoms with Gasteiger partial charge in [0.1, 0.15) is 4.53 Å². The molecular formula is C20H14N4O2S. The molecule has 1 amide bonds. The van der Waals surface area contributed by atoms with Gasteiger partial charge in [-0.2, -0.15) is 9.50 Å². The highest BCUT2D eigenvalue weighted by Gasteiger charge is 2.31. The number of hydrogen-bond donors (Lipinski definition) is 0. The molecule has 0 saturated carbocycles. The molecule has 2 aromatic heterocycles. The van der Waals surface area contributed by atoms with Gasteiger partial charge in [-0.15, -0.1) is 5.10 Å². The Morgan fingerprint density at radius 3 is 2.41 bits per heavy atom. The van der Waals surface area contributed by atoms with E-state index in [9.17, 15) is 9.59 Å².